The van der Waals surface area contributed by atoms with Gasteiger partial charge in [-0.3, -0.25) is 10.1 Å². The molecule has 0 unspecified atom stereocenters. The van der Waals surface area contributed by atoms with Gasteiger partial charge in [0.15, 0.2) is 5.82 Å². The first kappa shape index (κ1) is 18.0. The van der Waals surface area contributed by atoms with E-state index in [0.717, 1.165) is 22.6 Å². The number of nitrogens with one attached hydrogen (secondary N) is 2. The molecule has 0 saturated carbocycles. The summed E-state index contributed by atoms with van der Waals surface area (Å²) in [5, 5.41) is 10.3. The Morgan fingerprint density at radius 3 is 2.50 bits per heavy atom. The molecule has 0 aliphatic carbocycles. The molecule has 4 rings (SSSR count). The number of carbonyl (C=O) groups excluding carboxylic acids is 1. The summed E-state index contributed by atoms with van der Waals surface area (Å²) in [5.41, 5.74) is 2.85. The van der Waals surface area contributed by atoms with E-state index in [9.17, 15) is 9.18 Å². The third kappa shape index (κ3) is 4.11. The molecule has 1 saturated heterocycles. The van der Waals surface area contributed by atoms with Gasteiger partial charge in [-0.2, -0.15) is 5.10 Å². The maximum Gasteiger partial charge on any atom is 0.317 e. The molecule has 1 aliphatic heterocycles. The quantitative estimate of drug-likeness (QED) is 0.730. The second-order valence-electron chi connectivity index (χ2n) is 6.63. The zero-order chi connectivity index (χ0) is 19.3. The number of piperazine rings is 1. The van der Waals surface area contributed by atoms with Crippen molar-refractivity contribution in [3.05, 3.63) is 66.2 Å². The lowest BCUT2D eigenvalue weighted by Crippen LogP contribution is -2.51. The molecule has 2 N–H and O–H groups in total. The van der Waals surface area contributed by atoms with Crippen LogP contribution in [0.25, 0.3) is 11.3 Å². The smallest absolute Gasteiger partial charge is 0.317 e. The average Bonchev–Trinajstić information content (AvgIpc) is 3.24. The number of hydrogen-bond donors (Lipinski definition) is 2. The molecule has 0 atom stereocenters. The second-order valence-corrected chi connectivity index (χ2v) is 6.63. The molecule has 1 aromatic carbocycles. The van der Waals surface area contributed by atoms with Gasteiger partial charge in [0, 0.05) is 56.7 Å². The molecule has 0 bridgehead atoms. The first-order valence-corrected chi connectivity index (χ1v) is 9.17. The van der Waals surface area contributed by atoms with Gasteiger partial charge in [-0.25, -0.2) is 9.18 Å². The highest BCUT2D eigenvalue weighted by atomic mass is 19.1. The first-order valence-electron chi connectivity index (χ1n) is 9.17. The van der Waals surface area contributed by atoms with Crippen molar-refractivity contribution < 1.29 is 9.18 Å². The SMILES string of the molecule is O=C(NCc1ccc(F)cc1)N1CCN(c2cc(-c3ccncc3)[nH]n2)CC1. The molecule has 7 nitrogen and oxygen atoms in total. The minimum Gasteiger partial charge on any atom is -0.352 e. The van der Waals surface area contributed by atoms with E-state index in [1.807, 2.05) is 18.2 Å². The number of rotatable bonds is 4. The number of aromatic nitrogens is 3. The number of pyridine rings is 1. The largest absolute Gasteiger partial charge is 0.352 e. The summed E-state index contributed by atoms with van der Waals surface area (Å²) in [4.78, 5) is 20.3. The van der Waals surface area contributed by atoms with Gasteiger partial charge < -0.3 is 15.1 Å². The highest BCUT2D eigenvalue weighted by Crippen LogP contribution is 2.22. The Labute approximate surface area is 162 Å². The number of carbonyl (C=O) groups is 1. The number of nitrogens with zero attached hydrogens (tertiary/aromatic N) is 4. The van der Waals surface area contributed by atoms with E-state index in [4.69, 9.17) is 0 Å². The first-order chi connectivity index (χ1) is 13.7. The van der Waals surface area contributed by atoms with Crippen LogP contribution in [0.5, 0.6) is 0 Å². The molecule has 8 heteroatoms. The van der Waals surface area contributed by atoms with Crippen molar-refractivity contribution in [2.24, 2.45) is 0 Å². The molecule has 28 heavy (non-hydrogen) atoms. The van der Waals surface area contributed by atoms with Crippen LogP contribution in [0.2, 0.25) is 0 Å². The monoisotopic (exact) mass is 380 g/mol. The Balaban J connectivity index is 1.29. The summed E-state index contributed by atoms with van der Waals surface area (Å²) >= 11 is 0. The minimum atomic E-state index is -0.281. The second kappa shape index (κ2) is 8.08. The molecule has 1 aliphatic rings. The van der Waals surface area contributed by atoms with Crippen LogP contribution in [-0.4, -0.2) is 52.3 Å². The van der Waals surface area contributed by atoms with Crippen molar-refractivity contribution >= 4 is 11.8 Å². The number of aromatic amines is 1. The van der Waals surface area contributed by atoms with Crippen LogP contribution in [0.1, 0.15) is 5.56 Å². The number of benzene rings is 1. The van der Waals surface area contributed by atoms with Crippen molar-refractivity contribution in [3.63, 3.8) is 0 Å². The Kier molecular flexibility index (Phi) is 5.18. The van der Waals surface area contributed by atoms with Crippen LogP contribution in [0.15, 0.2) is 54.9 Å². The van der Waals surface area contributed by atoms with Crippen LogP contribution in [0, 0.1) is 5.82 Å². The molecule has 0 radical (unpaired) electrons. The normalized spacial score (nSPS) is 14.2. The van der Waals surface area contributed by atoms with Crippen molar-refractivity contribution in [1.82, 2.24) is 25.4 Å². The molecular formula is C20H21FN6O. The van der Waals surface area contributed by atoms with Crippen molar-refractivity contribution in [1.29, 1.82) is 0 Å². The summed E-state index contributed by atoms with van der Waals surface area (Å²) in [6.07, 6.45) is 3.50. The highest BCUT2D eigenvalue weighted by Gasteiger charge is 2.22. The molecule has 2 amide bonds. The van der Waals surface area contributed by atoms with Gasteiger partial charge >= 0.3 is 6.03 Å². The van der Waals surface area contributed by atoms with Crippen LogP contribution in [-0.2, 0) is 6.54 Å². The predicted molar refractivity (Wildman–Crippen MR) is 104 cm³/mol. The Morgan fingerprint density at radius 2 is 1.79 bits per heavy atom. The van der Waals surface area contributed by atoms with Crippen molar-refractivity contribution in [3.8, 4) is 11.3 Å². The van der Waals surface area contributed by atoms with Gasteiger partial charge in [-0.15, -0.1) is 0 Å². The van der Waals surface area contributed by atoms with Crippen molar-refractivity contribution in [2.75, 3.05) is 31.1 Å². The van der Waals surface area contributed by atoms with Gasteiger partial charge in [-0.1, -0.05) is 12.1 Å². The zero-order valence-electron chi connectivity index (χ0n) is 15.3. The number of urea groups is 1. The summed E-state index contributed by atoms with van der Waals surface area (Å²) in [7, 11) is 0. The number of anilines is 1. The summed E-state index contributed by atoms with van der Waals surface area (Å²) in [6.45, 7) is 3.04. The average molecular weight is 380 g/mol. The van der Waals surface area contributed by atoms with Crippen LogP contribution >= 0.6 is 0 Å². The van der Waals surface area contributed by atoms with E-state index in [1.54, 1.807) is 29.4 Å². The Bertz CT molecular complexity index is 919. The lowest BCUT2D eigenvalue weighted by atomic mass is 10.2. The summed E-state index contributed by atoms with van der Waals surface area (Å²) in [6, 6.07) is 11.9. The van der Waals surface area contributed by atoms with Crippen LogP contribution in [0.4, 0.5) is 15.0 Å². The fourth-order valence-electron chi connectivity index (χ4n) is 3.18. The number of H-pyrrole nitrogens is 1. The number of amides is 2. The van der Waals surface area contributed by atoms with Crippen LogP contribution in [0.3, 0.4) is 0 Å². The molecule has 3 heterocycles. The van der Waals surface area contributed by atoms with Gasteiger partial charge in [0.05, 0.1) is 5.69 Å². The molecule has 1 fully saturated rings. The topological polar surface area (TPSA) is 77.2 Å². The van der Waals surface area contributed by atoms with Crippen LogP contribution < -0.4 is 10.2 Å². The third-order valence-electron chi connectivity index (χ3n) is 4.80. The van der Waals surface area contributed by atoms with Gasteiger partial charge in [0.2, 0.25) is 0 Å². The lowest BCUT2D eigenvalue weighted by Gasteiger charge is -2.34. The standard InChI is InChI=1S/C20H21FN6O/c21-17-3-1-15(2-4-17)14-23-20(28)27-11-9-26(10-12-27)19-13-18(24-25-19)16-5-7-22-8-6-16/h1-8,13H,9-12,14H2,(H,23,28)(H,24,25). The fraction of sp³-hybridized carbons (Fsp3) is 0.250. The fourth-order valence-corrected chi connectivity index (χ4v) is 3.18. The zero-order valence-corrected chi connectivity index (χ0v) is 15.3. The molecule has 144 valence electrons. The van der Waals surface area contributed by atoms with E-state index in [2.05, 4.69) is 25.4 Å². The highest BCUT2D eigenvalue weighted by molar-refractivity contribution is 5.74. The minimum absolute atomic E-state index is 0.108. The predicted octanol–water partition coefficient (Wildman–Crippen LogP) is 2.64. The lowest BCUT2D eigenvalue weighted by molar-refractivity contribution is 0.194. The Hall–Kier alpha value is -3.42. The summed E-state index contributed by atoms with van der Waals surface area (Å²) in [5.74, 6) is 0.592. The molecule has 2 aromatic heterocycles. The molecule has 0 spiro atoms. The number of halogens is 1. The van der Waals surface area contributed by atoms with Gasteiger partial charge in [-0.05, 0) is 29.8 Å². The molecular weight excluding hydrogens is 359 g/mol. The number of hydrogen-bond acceptors (Lipinski definition) is 4. The van der Waals surface area contributed by atoms with E-state index >= 15 is 0 Å². The van der Waals surface area contributed by atoms with E-state index in [1.165, 1.54) is 12.1 Å². The van der Waals surface area contributed by atoms with Gasteiger partial charge in [0.1, 0.15) is 5.82 Å². The van der Waals surface area contributed by atoms with E-state index < -0.39 is 0 Å². The third-order valence-corrected chi connectivity index (χ3v) is 4.80. The summed E-state index contributed by atoms with van der Waals surface area (Å²) < 4.78 is 12.9. The van der Waals surface area contributed by atoms with E-state index in [0.29, 0.717) is 32.7 Å². The van der Waals surface area contributed by atoms with E-state index in [-0.39, 0.29) is 11.8 Å². The Morgan fingerprint density at radius 1 is 1.07 bits per heavy atom. The van der Waals surface area contributed by atoms with Crippen molar-refractivity contribution in [2.45, 2.75) is 6.54 Å². The molecule has 3 aromatic rings. The van der Waals surface area contributed by atoms with Gasteiger partial charge in [0.25, 0.3) is 0 Å². The maximum atomic E-state index is 12.9. The maximum absolute atomic E-state index is 12.9.